The molecule has 1 aliphatic rings. The maximum Gasteiger partial charge on any atom is 0.191 e. The highest BCUT2D eigenvalue weighted by atomic mass is 127. The molecule has 0 bridgehead atoms. The molecule has 1 saturated carbocycles. The van der Waals surface area contributed by atoms with Crippen LogP contribution in [0, 0.1) is 0 Å². The Bertz CT molecular complexity index is 579. The molecule has 1 aromatic carbocycles. The Morgan fingerprint density at radius 1 is 1.15 bits per heavy atom. The SMILES string of the molecule is CCNC(=NCCN(CC)C1CC1)NCCc1ccc(OC)c(OC)c1.I. The van der Waals surface area contributed by atoms with E-state index in [1.807, 2.05) is 12.1 Å². The molecular formula is C20H35IN4O2. The average molecular weight is 490 g/mol. The molecule has 0 spiro atoms. The summed E-state index contributed by atoms with van der Waals surface area (Å²) in [5, 5.41) is 6.74. The lowest BCUT2D eigenvalue weighted by Crippen LogP contribution is -2.39. The Hall–Kier alpha value is -1.22. The first kappa shape index (κ1) is 23.8. The molecule has 27 heavy (non-hydrogen) atoms. The molecule has 0 aliphatic heterocycles. The third-order valence-electron chi connectivity index (χ3n) is 4.62. The molecule has 0 atom stereocenters. The summed E-state index contributed by atoms with van der Waals surface area (Å²) in [6, 6.07) is 6.85. The van der Waals surface area contributed by atoms with E-state index in [-0.39, 0.29) is 24.0 Å². The van der Waals surface area contributed by atoms with Gasteiger partial charge in [0.05, 0.1) is 20.8 Å². The first-order valence-corrected chi connectivity index (χ1v) is 9.68. The van der Waals surface area contributed by atoms with Gasteiger partial charge in [0.25, 0.3) is 0 Å². The second-order valence-corrected chi connectivity index (χ2v) is 6.49. The van der Waals surface area contributed by atoms with E-state index in [4.69, 9.17) is 14.5 Å². The van der Waals surface area contributed by atoms with Crippen LogP contribution in [-0.4, -0.2) is 63.8 Å². The zero-order valence-electron chi connectivity index (χ0n) is 17.1. The molecule has 1 aromatic rings. The third kappa shape index (κ3) is 8.13. The highest BCUT2D eigenvalue weighted by Crippen LogP contribution is 2.27. The van der Waals surface area contributed by atoms with Gasteiger partial charge < -0.3 is 20.1 Å². The van der Waals surface area contributed by atoms with E-state index in [0.29, 0.717) is 0 Å². The van der Waals surface area contributed by atoms with Crippen LogP contribution in [0.5, 0.6) is 11.5 Å². The monoisotopic (exact) mass is 490 g/mol. The minimum Gasteiger partial charge on any atom is -0.493 e. The van der Waals surface area contributed by atoms with E-state index in [2.05, 4.69) is 35.4 Å². The Morgan fingerprint density at radius 2 is 1.89 bits per heavy atom. The van der Waals surface area contributed by atoms with Gasteiger partial charge in [0, 0.05) is 25.7 Å². The topological polar surface area (TPSA) is 58.1 Å². The van der Waals surface area contributed by atoms with Crippen molar-refractivity contribution in [1.82, 2.24) is 15.5 Å². The first-order chi connectivity index (χ1) is 12.7. The molecule has 0 amide bonds. The van der Waals surface area contributed by atoms with Crippen LogP contribution < -0.4 is 20.1 Å². The molecule has 1 fully saturated rings. The molecule has 0 radical (unpaired) electrons. The summed E-state index contributed by atoms with van der Waals surface area (Å²) >= 11 is 0. The van der Waals surface area contributed by atoms with Crippen LogP contribution >= 0.6 is 24.0 Å². The maximum atomic E-state index is 5.37. The number of nitrogens with one attached hydrogen (secondary N) is 2. The maximum absolute atomic E-state index is 5.37. The van der Waals surface area contributed by atoms with Crippen LogP contribution in [0.2, 0.25) is 0 Å². The van der Waals surface area contributed by atoms with Crippen LogP contribution in [0.3, 0.4) is 0 Å². The minimum atomic E-state index is 0. The summed E-state index contributed by atoms with van der Waals surface area (Å²) in [6.07, 6.45) is 3.59. The predicted molar refractivity (Wildman–Crippen MR) is 123 cm³/mol. The molecule has 2 rings (SSSR count). The van der Waals surface area contributed by atoms with Gasteiger partial charge in [-0.05, 0) is 50.4 Å². The molecular weight excluding hydrogens is 455 g/mol. The van der Waals surface area contributed by atoms with Crippen molar-refractivity contribution in [3.63, 3.8) is 0 Å². The van der Waals surface area contributed by atoms with Crippen molar-refractivity contribution in [3.05, 3.63) is 23.8 Å². The molecule has 0 saturated heterocycles. The molecule has 0 unspecified atom stereocenters. The summed E-state index contributed by atoms with van der Waals surface area (Å²) in [6.45, 7) is 8.99. The number of aliphatic imine (C=N–C) groups is 1. The Kier molecular flexibility index (Phi) is 11.5. The number of guanidine groups is 1. The van der Waals surface area contributed by atoms with Gasteiger partial charge >= 0.3 is 0 Å². The zero-order valence-corrected chi connectivity index (χ0v) is 19.4. The number of rotatable bonds is 11. The second kappa shape index (κ2) is 13.0. The van der Waals surface area contributed by atoms with Gasteiger partial charge in [-0.2, -0.15) is 0 Å². The largest absolute Gasteiger partial charge is 0.493 e. The number of hydrogen-bond donors (Lipinski definition) is 2. The van der Waals surface area contributed by atoms with E-state index in [0.717, 1.165) is 62.6 Å². The second-order valence-electron chi connectivity index (χ2n) is 6.49. The fraction of sp³-hybridized carbons (Fsp3) is 0.650. The van der Waals surface area contributed by atoms with E-state index >= 15 is 0 Å². The van der Waals surface area contributed by atoms with E-state index in [1.165, 1.54) is 18.4 Å². The van der Waals surface area contributed by atoms with Crippen molar-refractivity contribution < 1.29 is 9.47 Å². The summed E-state index contributed by atoms with van der Waals surface area (Å²) in [5.41, 5.74) is 1.21. The zero-order chi connectivity index (χ0) is 18.8. The van der Waals surface area contributed by atoms with Crippen LogP contribution in [0.15, 0.2) is 23.2 Å². The van der Waals surface area contributed by atoms with Crippen molar-refractivity contribution in [2.24, 2.45) is 4.99 Å². The van der Waals surface area contributed by atoms with Gasteiger partial charge in [0.1, 0.15) is 0 Å². The highest BCUT2D eigenvalue weighted by molar-refractivity contribution is 14.0. The van der Waals surface area contributed by atoms with Gasteiger partial charge in [-0.1, -0.05) is 13.0 Å². The van der Waals surface area contributed by atoms with Gasteiger partial charge in [0.2, 0.25) is 0 Å². The predicted octanol–water partition coefficient (Wildman–Crippen LogP) is 2.90. The molecule has 6 nitrogen and oxygen atoms in total. The van der Waals surface area contributed by atoms with Crippen molar-refractivity contribution in [2.75, 3.05) is 46.9 Å². The smallest absolute Gasteiger partial charge is 0.191 e. The number of likely N-dealkylation sites (N-methyl/N-ethyl adjacent to an activating group) is 1. The van der Waals surface area contributed by atoms with Gasteiger partial charge in [-0.3, -0.25) is 9.89 Å². The lowest BCUT2D eigenvalue weighted by Gasteiger charge is -2.19. The quantitative estimate of drug-likeness (QED) is 0.284. The number of hydrogen-bond acceptors (Lipinski definition) is 4. The molecule has 0 aromatic heterocycles. The number of methoxy groups -OCH3 is 2. The lowest BCUT2D eigenvalue weighted by atomic mass is 10.1. The lowest BCUT2D eigenvalue weighted by molar-refractivity contribution is 0.286. The fourth-order valence-corrected chi connectivity index (χ4v) is 3.03. The van der Waals surface area contributed by atoms with Gasteiger partial charge in [0.15, 0.2) is 17.5 Å². The van der Waals surface area contributed by atoms with Gasteiger partial charge in [-0.25, -0.2) is 0 Å². The number of ether oxygens (including phenoxy) is 2. The molecule has 2 N–H and O–H groups in total. The summed E-state index contributed by atoms with van der Waals surface area (Å²) < 4.78 is 10.7. The minimum absolute atomic E-state index is 0. The fourth-order valence-electron chi connectivity index (χ4n) is 3.03. The van der Waals surface area contributed by atoms with Crippen molar-refractivity contribution in [1.29, 1.82) is 0 Å². The summed E-state index contributed by atoms with van der Waals surface area (Å²) in [7, 11) is 3.32. The number of nitrogens with zero attached hydrogens (tertiary/aromatic N) is 2. The molecule has 1 aliphatic carbocycles. The molecule has 154 valence electrons. The van der Waals surface area contributed by atoms with E-state index in [1.54, 1.807) is 14.2 Å². The highest BCUT2D eigenvalue weighted by Gasteiger charge is 2.27. The van der Waals surface area contributed by atoms with Gasteiger partial charge in [-0.15, -0.1) is 24.0 Å². The Balaban J connectivity index is 0.00000364. The van der Waals surface area contributed by atoms with Crippen LogP contribution in [0.25, 0.3) is 0 Å². The summed E-state index contributed by atoms with van der Waals surface area (Å²) in [5.74, 6) is 2.42. The average Bonchev–Trinajstić information content (AvgIpc) is 3.50. The van der Waals surface area contributed by atoms with Crippen molar-refractivity contribution in [3.8, 4) is 11.5 Å². The Labute approximate surface area is 181 Å². The van der Waals surface area contributed by atoms with Crippen LogP contribution in [0.4, 0.5) is 0 Å². The van der Waals surface area contributed by atoms with E-state index in [9.17, 15) is 0 Å². The molecule has 0 heterocycles. The molecule has 7 heteroatoms. The van der Waals surface area contributed by atoms with Crippen LogP contribution in [0.1, 0.15) is 32.3 Å². The normalized spacial score (nSPS) is 13.9. The summed E-state index contributed by atoms with van der Waals surface area (Å²) in [4.78, 5) is 7.24. The van der Waals surface area contributed by atoms with E-state index < -0.39 is 0 Å². The number of benzene rings is 1. The first-order valence-electron chi connectivity index (χ1n) is 9.68. The van der Waals surface area contributed by atoms with Crippen LogP contribution in [-0.2, 0) is 6.42 Å². The van der Waals surface area contributed by atoms with Crippen molar-refractivity contribution in [2.45, 2.75) is 39.2 Å². The number of halogens is 1. The Morgan fingerprint density at radius 3 is 2.48 bits per heavy atom. The standard InChI is InChI=1S/C20H34N4O2.HI/c1-5-21-20(23-13-14-24(6-2)17-8-9-17)22-12-11-16-7-10-18(25-3)19(15-16)26-4;/h7,10,15,17H,5-6,8-9,11-14H2,1-4H3,(H2,21,22,23);1H. The van der Waals surface area contributed by atoms with Crippen molar-refractivity contribution >= 4 is 29.9 Å². The third-order valence-corrected chi connectivity index (χ3v) is 4.62.